The summed E-state index contributed by atoms with van der Waals surface area (Å²) in [6.07, 6.45) is 0. The van der Waals surface area contributed by atoms with Crippen LogP contribution in [0.25, 0.3) is 0 Å². The molecule has 1 atom stereocenters. The first-order valence-electron chi connectivity index (χ1n) is 9.22. The summed E-state index contributed by atoms with van der Waals surface area (Å²) >= 11 is 0. The van der Waals surface area contributed by atoms with Gasteiger partial charge in [0, 0.05) is 25.2 Å². The van der Waals surface area contributed by atoms with Gasteiger partial charge in [-0.1, -0.05) is 30.3 Å². The van der Waals surface area contributed by atoms with Crippen LogP contribution < -0.4 is 5.32 Å². The molecule has 0 aliphatic rings. The molecule has 0 aliphatic carbocycles. The molecule has 7 heteroatoms. The summed E-state index contributed by atoms with van der Waals surface area (Å²) in [5.41, 5.74) is 1.54. The van der Waals surface area contributed by atoms with E-state index in [9.17, 15) is 13.2 Å². The molecule has 0 saturated heterocycles. The number of hydrogen-bond donors (Lipinski definition) is 1. The number of sulfonamides is 1. The second-order valence-corrected chi connectivity index (χ2v) is 9.24. The highest BCUT2D eigenvalue weighted by Crippen LogP contribution is 2.19. The summed E-state index contributed by atoms with van der Waals surface area (Å²) in [6, 6.07) is 15.9. The molecule has 0 bridgehead atoms. The number of nitrogens with one attached hydrogen (secondary N) is 1. The number of nitrogens with zero attached hydrogens (tertiary/aromatic N) is 2. The van der Waals surface area contributed by atoms with Gasteiger partial charge in [-0.05, 0) is 57.8 Å². The predicted octanol–water partition coefficient (Wildman–Crippen LogP) is 2.75. The standard InChI is InChI=1S/C21H29N3O3S/c1-16(2)24(5)28(26,27)19-13-11-18(12-14-19)21(25)22-15-20(23(3)4)17-9-7-6-8-10-17/h6-14,16,20H,15H2,1-5H3,(H,22,25). The third-order valence-corrected chi connectivity index (χ3v) is 6.83. The quantitative estimate of drug-likeness (QED) is 0.736. The number of likely N-dealkylation sites (N-methyl/N-ethyl adjacent to an activating group) is 1. The zero-order chi connectivity index (χ0) is 20.9. The van der Waals surface area contributed by atoms with Crippen molar-refractivity contribution in [3.05, 3.63) is 65.7 Å². The Kier molecular flexibility index (Phi) is 7.35. The van der Waals surface area contributed by atoms with Crippen molar-refractivity contribution in [2.24, 2.45) is 0 Å². The highest BCUT2D eigenvalue weighted by atomic mass is 32.2. The van der Waals surface area contributed by atoms with Crippen molar-refractivity contribution < 1.29 is 13.2 Å². The van der Waals surface area contributed by atoms with Crippen molar-refractivity contribution in [2.45, 2.75) is 30.8 Å². The van der Waals surface area contributed by atoms with Crippen LogP contribution in [0.3, 0.4) is 0 Å². The van der Waals surface area contributed by atoms with Gasteiger partial charge in [0.25, 0.3) is 5.91 Å². The lowest BCUT2D eigenvalue weighted by molar-refractivity contribution is 0.0942. The third-order valence-electron chi connectivity index (χ3n) is 4.78. The van der Waals surface area contributed by atoms with Gasteiger partial charge in [0.1, 0.15) is 0 Å². The second-order valence-electron chi connectivity index (χ2n) is 7.24. The van der Waals surface area contributed by atoms with Crippen LogP contribution in [0.1, 0.15) is 35.8 Å². The number of carbonyl (C=O) groups is 1. The summed E-state index contributed by atoms with van der Waals surface area (Å²) in [5, 5.41) is 2.94. The van der Waals surface area contributed by atoms with E-state index >= 15 is 0 Å². The maximum atomic E-state index is 12.5. The molecule has 2 aromatic carbocycles. The molecule has 0 heterocycles. The van der Waals surface area contributed by atoms with E-state index in [0.717, 1.165) is 5.56 Å². The van der Waals surface area contributed by atoms with Crippen molar-refractivity contribution in [1.29, 1.82) is 0 Å². The first-order chi connectivity index (χ1) is 13.1. The molecule has 0 spiro atoms. The number of carbonyl (C=O) groups excluding carboxylic acids is 1. The average molecular weight is 404 g/mol. The van der Waals surface area contributed by atoms with Crippen LogP contribution in [0.4, 0.5) is 0 Å². The summed E-state index contributed by atoms with van der Waals surface area (Å²) in [6.45, 7) is 4.08. The minimum Gasteiger partial charge on any atom is -0.350 e. The fraction of sp³-hybridized carbons (Fsp3) is 0.381. The summed E-state index contributed by atoms with van der Waals surface area (Å²) < 4.78 is 26.4. The van der Waals surface area contributed by atoms with E-state index in [2.05, 4.69) is 5.32 Å². The Labute approximate surface area is 168 Å². The van der Waals surface area contributed by atoms with Gasteiger partial charge in [0.2, 0.25) is 10.0 Å². The Hall–Kier alpha value is -2.22. The minimum absolute atomic E-state index is 0.0458. The van der Waals surface area contributed by atoms with Gasteiger partial charge in [-0.3, -0.25) is 4.79 Å². The van der Waals surface area contributed by atoms with Crippen LogP contribution in [-0.4, -0.2) is 57.3 Å². The second kappa shape index (κ2) is 9.32. The van der Waals surface area contributed by atoms with E-state index in [1.807, 2.05) is 63.2 Å². The van der Waals surface area contributed by atoms with Crippen molar-refractivity contribution in [3.8, 4) is 0 Å². The molecular weight excluding hydrogens is 374 g/mol. The lowest BCUT2D eigenvalue weighted by Crippen LogP contribution is -2.34. The van der Waals surface area contributed by atoms with E-state index in [1.165, 1.54) is 16.4 Å². The first-order valence-corrected chi connectivity index (χ1v) is 10.7. The molecule has 1 unspecified atom stereocenters. The van der Waals surface area contributed by atoms with Gasteiger partial charge >= 0.3 is 0 Å². The molecule has 0 saturated carbocycles. The number of amides is 1. The number of hydrogen-bond acceptors (Lipinski definition) is 4. The van der Waals surface area contributed by atoms with Gasteiger partial charge < -0.3 is 10.2 Å². The van der Waals surface area contributed by atoms with Crippen molar-refractivity contribution >= 4 is 15.9 Å². The Morgan fingerprint density at radius 2 is 1.54 bits per heavy atom. The van der Waals surface area contributed by atoms with Crippen LogP contribution in [0.15, 0.2) is 59.5 Å². The van der Waals surface area contributed by atoms with E-state index in [-0.39, 0.29) is 22.9 Å². The minimum atomic E-state index is -3.56. The van der Waals surface area contributed by atoms with Gasteiger partial charge in [-0.2, -0.15) is 4.31 Å². The first kappa shape index (κ1) is 22.1. The Morgan fingerprint density at radius 1 is 0.964 bits per heavy atom. The Morgan fingerprint density at radius 3 is 2.04 bits per heavy atom. The monoisotopic (exact) mass is 403 g/mol. The molecule has 0 aliphatic heterocycles. The zero-order valence-electron chi connectivity index (χ0n) is 17.1. The summed E-state index contributed by atoms with van der Waals surface area (Å²) in [7, 11) is 1.92. The van der Waals surface area contributed by atoms with Gasteiger partial charge in [-0.15, -0.1) is 0 Å². The van der Waals surface area contributed by atoms with Crippen LogP contribution in [0, 0.1) is 0 Å². The van der Waals surface area contributed by atoms with E-state index in [4.69, 9.17) is 0 Å². The highest BCUT2D eigenvalue weighted by molar-refractivity contribution is 7.89. The van der Waals surface area contributed by atoms with E-state index in [1.54, 1.807) is 19.2 Å². The van der Waals surface area contributed by atoms with Gasteiger partial charge in [0.05, 0.1) is 10.9 Å². The van der Waals surface area contributed by atoms with Crippen molar-refractivity contribution in [2.75, 3.05) is 27.7 Å². The fourth-order valence-corrected chi connectivity index (χ4v) is 4.15. The Balaban J connectivity index is 2.09. The summed E-state index contributed by atoms with van der Waals surface area (Å²) in [5.74, 6) is -0.232. The predicted molar refractivity (Wildman–Crippen MR) is 112 cm³/mol. The fourth-order valence-electron chi connectivity index (χ4n) is 2.79. The normalized spacial score (nSPS) is 13.1. The maximum Gasteiger partial charge on any atom is 0.251 e. The topological polar surface area (TPSA) is 69.7 Å². The molecule has 2 aromatic rings. The Bertz CT molecular complexity index is 879. The molecule has 2 rings (SSSR count). The van der Waals surface area contributed by atoms with E-state index < -0.39 is 10.0 Å². The van der Waals surface area contributed by atoms with Crippen LogP contribution >= 0.6 is 0 Å². The largest absolute Gasteiger partial charge is 0.350 e. The van der Waals surface area contributed by atoms with Crippen molar-refractivity contribution in [3.63, 3.8) is 0 Å². The summed E-state index contributed by atoms with van der Waals surface area (Å²) in [4.78, 5) is 14.7. The lowest BCUT2D eigenvalue weighted by Gasteiger charge is -2.25. The lowest BCUT2D eigenvalue weighted by atomic mass is 10.1. The molecule has 1 N–H and O–H groups in total. The molecule has 0 radical (unpaired) electrons. The molecule has 0 aromatic heterocycles. The maximum absolute atomic E-state index is 12.5. The van der Waals surface area contributed by atoms with Crippen LogP contribution in [0.5, 0.6) is 0 Å². The molecule has 6 nitrogen and oxygen atoms in total. The van der Waals surface area contributed by atoms with Crippen molar-refractivity contribution in [1.82, 2.24) is 14.5 Å². The SMILES string of the molecule is CC(C)N(C)S(=O)(=O)c1ccc(C(=O)NCC(c2ccccc2)N(C)C)cc1. The highest BCUT2D eigenvalue weighted by Gasteiger charge is 2.23. The number of rotatable bonds is 8. The molecule has 1 amide bonds. The molecule has 152 valence electrons. The molecular formula is C21H29N3O3S. The van der Waals surface area contributed by atoms with E-state index in [0.29, 0.717) is 12.1 Å². The molecule has 0 fully saturated rings. The van der Waals surface area contributed by atoms with Crippen LogP contribution in [0.2, 0.25) is 0 Å². The third kappa shape index (κ3) is 5.19. The van der Waals surface area contributed by atoms with Gasteiger partial charge in [0.15, 0.2) is 0 Å². The molecule has 28 heavy (non-hydrogen) atoms. The van der Waals surface area contributed by atoms with Gasteiger partial charge in [-0.25, -0.2) is 8.42 Å². The zero-order valence-corrected chi connectivity index (χ0v) is 17.9. The average Bonchev–Trinajstić information content (AvgIpc) is 2.68. The van der Waals surface area contributed by atoms with Crippen LogP contribution in [-0.2, 0) is 10.0 Å². The smallest absolute Gasteiger partial charge is 0.251 e. The number of benzene rings is 2.